The third-order valence-electron chi connectivity index (χ3n) is 5.78. The van der Waals surface area contributed by atoms with Gasteiger partial charge < -0.3 is 25.6 Å². The van der Waals surface area contributed by atoms with E-state index in [-0.39, 0.29) is 11.6 Å². The predicted molar refractivity (Wildman–Crippen MR) is 135 cm³/mol. The summed E-state index contributed by atoms with van der Waals surface area (Å²) < 4.78 is 7.33. The fourth-order valence-corrected chi connectivity index (χ4v) is 3.94. The zero-order valence-electron chi connectivity index (χ0n) is 20.4. The molecule has 4 aromatic rings. The highest BCUT2D eigenvalue weighted by Gasteiger charge is 2.24. The van der Waals surface area contributed by atoms with E-state index in [0.717, 1.165) is 0 Å². The Kier molecular flexibility index (Phi) is 6.32. The van der Waals surface area contributed by atoms with E-state index in [4.69, 9.17) is 4.74 Å². The topological polar surface area (TPSA) is 152 Å². The molecule has 1 aliphatic rings. The number of amides is 2. The number of benzene rings is 1. The van der Waals surface area contributed by atoms with Crippen molar-refractivity contribution in [1.82, 2.24) is 40.2 Å². The third kappa shape index (κ3) is 4.61. The van der Waals surface area contributed by atoms with E-state index in [1.165, 1.54) is 7.05 Å². The molecule has 13 heteroatoms. The maximum absolute atomic E-state index is 12.6. The molecule has 5 rings (SSSR count). The first-order chi connectivity index (χ1) is 18.0. The number of likely N-dealkylation sites (N-methyl/N-ethyl adjacent to an activating group) is 1. The Labute approximate surface area is 211 Å². The zero-order valence-corrected chi connectivity index (χ0v) is 20.4. The number of para-hydroxylation sites is 1. The van der Waals surface area contributed by atoms with Crippen LogP contribution in [-0.2, 0) is 6.54 Å². The normalized spacial score (nSPS) is 12.6. The van der Waals surface area contributed by atoms with Gasteiger partial charge >= 0.3 is 0 Å². The summed E-state index contributed by atoms with van der Waals surface area (Å²) >= 11 is 0. The van der Waals surface area contributed by atoms with Crippen molar-refractivity contribution in [2.45, 2.75) is 6.54 Å². The number of aromatic nitrogens is 6. The standard InChI is InChI=1S/C24H24N10O3/c1-25-23(35)20-16(28-15-7-4-6-14(21(15)37-3)22-26-8-5-9-27-22)12-18(30-31-20)29-19-13-17-24(36)33(2)10-11-34(17)32-19/h4-9,12-13H,10-11H2,1-3H3,(H,25,35)(H2,28,29,30,32). The predicted octanol–water partition coefficient (Wildman–Crippen LogP) is 2.07. The molecule has 2 amide bonds. The number of rotatable bonds is 7. The summed E-state index contributed by atoms with van der Waals surface area (Å²) in [5.41, 5.74) is 2.18. The molecule has 1 aliphatic heterocycles. The number of hydrogen-bond acceptors (Lipinski definition) is 10. The van der Waals surface area contributed by atoms with Crippen LogP contribution in [0.2, 0.25) is 0 Å². The molecule has 0 saturated carbocycles. The van der Waals surface area contributed by atoms with Crippen LogP contribution in [0.1, 0.15) is 21.0 Å². The van der Waals surface area contributed by atoms with Crippen molar-refractivity contribution >= 4 is 34.8 Å². The lowest BCUT2D eigenvalue weighted by Gasteiger charge is -2.22. The Balaban J connectivity index is 1.49. The van der Waals surface area contributed by atoms with E-state index in [2.05, 4.69) is 41.2 Å². The van der Waals surface area contributed by atoms with Crippen LogP contribution in [-0.4, -0.2) is 74.4 Å². The van der Waals surface area contributed by atoms with Gasteiger partial charge in [-0.3, -0.25) is 14.3 Å². The van der Waals surface area contributed by atoms with Gasteiger partial charge in [0.15, 0.2) is 28.9 Å². The van der Waals surface area contributed by atoms with Crippen LogP contribution in [0, 0.1) is 0 Å². The zero-order chi connectivity index (χ0) is 25.9. The van der Waals surface area contributed by atoms with Crippen LogP contribution in [0.3, 0.4) is 0 Å². The van der Waals surface area contributed by atoms with E-state index in [9.17, 15) is 9.59 Å². The number of carbonyl (C=O) groups is 2. The number of nitrogens with one attached hydrogen (secondary N) is 3. The summed E-state index contributed by atoms with van der Waals surface area (Å²) in [6.45, 7) is 1.17. The monoisotopic (exact) mass is 500 g/mol. The first-order valence-electron chi connectivity index (χ1n) is 11.4. The summed E-state index contributed by atoms with van der Waals surface area (Å²) in [5, 5.41) is 21.6. The van der Waals surface area contributed by atoms with Crippen molar-refractivity contribution in [3.8, 4) is 17.1 Å². The number of ether oxygens (including phenoxy) is 1. The summed E-state index contributed by atoms with van der Waals surface area (Å²) in [4.78, 5) is 35.2. The molecular formula is C24H24N10O3. The van der Waals surface area contributed by atoms with E-state index < -0.39 is 5.91 Å². The second-order valence-electron chi connectivity index (χ2n) is 8.14. The number of nitrogens with zero attached hydrogens (tertiary/aromatic N) is 7. The largest absolute Gasteiger partial charge is 0.494 e. The number of carbonyl (C=O) groups excluding carboxylic acids is 2. The molecule has 188 valence electrons. The van der Waals surface area contributed by atoms with Gasteiger partial charge in [0.05, 0.1) is 30.6 Å². The molecule has 0 radical (unpaired) electrons. The van der Waals surface area contributed by atoms with Gasteiger partial charge in [0, 0.05) is 45.2 Å². The average Bonchev–Trinajstić information content (AvgIpc) is 3.34. The Hall–Kier alpha value is -5.07. The Morgan fingerprint density at radius 1 is 1.00 bits per heavy atom. The van der Waals surface area contributed by atoms with Gasteiger partial charge in [-0.2, -0.15) is 5.10 Å². The van der Waals surface area contributed by atoms with E-state index in [0.29, 0.717) is 58.9 Å². The van der Waals surface area contributed by atoms with Crippen LogP contribution in [0.15, 0.2) is 48.8 Å². The second-order valence-corrected chi connectivity index (χ2v) is 8.14. The molecule has 0 bridgehead atoms. The summed E-state index contributed by atoms with van der Waals surface area (Å²) in [7, 11) is 4.81. The number of hydrogen-bond donors (Lipinski definition) is 3. The molecule has 0 atom stereocenters. The Morgan fingerprint density at radius 2 is 1.81 bits per heavy atom. The first kappa shape index (κ1) is 23.7. The lowest BCUT2D eigenvalue weighted by molar-refractivity contribution is 0.0742. The van der Waals surface area contributed by atoms with Crippen molar-refractivity contribution in [3.63, 3.8) is 0 Å². The quantitative estimate of drug-likeness (QED) is 0.344. The molecule has 0 saturated heterocycles. The highest BCUT2D eigenvalue weighted by Crippen LogP contribution is 2.37. The smallest absolute Gasteiger partial charge is 0.273 e. The molecular weight excluding hydrogens is 476 g/mol. The van der Waals surface area contributed by atoms with E-state index >= 15 is 0 Å². The van der Waals surface area contributed by atoms with Gasteiger partial charge in [0.1, 0.15) is 5.69 Å². The molecule has 1 aromatic carbocycles. The minimum Gasteiger partial charge on any atom is -0.494 e. The van der Waals surface area contributed by atoms with Crippen LogP contribution >= 0.6 is 0 Å². The molecule has 3 aromatic heterocycles. The van der Waals surface area contributed by atoms with Gasteiger partial charge in [0.2, 0.25) is 0 Å². The maximum Gasteiger partial charge on any atom is 0.273 e. The van der Waals surface area contributed by atoms with E-state index in [1.807, 2.05) is 12.1 Å². The lowest BCUT2D eigenvalue weighted by Crippen LogP contribution is -2.37. The lowest BCUT2D eigenvalue weighted by atomic mass is 10.1. The van der Waals surface area contributed by atoms with Crippen LogP contribution in [0.4, 0.5) is 23.0 Å². The molecule has 3 N–H and O–H groups in total. The van der Waals surface area contributed by atoms with Gasteiger partial charge in [-0.1, -0.05) is 6.07 Å². The minimum atomic E-state index is -0.422. The maximum atomic E-state index is 12.6. The van der Waals surface area contributed by atoms with Crippen molar-refractivity contribution in [2.24, 2.45) is 0 Å². The molecule has 37 heavy (non-hydrogen) atoms. The fourth-order valence-electron chi connectivity index (χ4n) is 3.94. The van der Waals surface area contributed by atoms with Gasteiger partial charge in [-0.25, -0.2) is 9.97 Å². The summed E-state index contributed by atoms with van der Waals surface area (Å²) in [6, 6.07) is 10.5. The molecule has 0 fully saturated rings. The Bertz CT molecular complexity index is 1470. The van der Waals surface area contributed by atoms with Gasteiger partial charge in [-0.05, 0) is 18.2 Å². The highest BCUT2D eigenvalue weighted by molar-refractivity contribution is 5.99. The third-order valence-corrected chi connectivity index (χ3v) is 5.78. The van der Waals surface area contributed by atoms with Crippen molar-refractivity contribution < 1.29 is 14.3 Å². The highest BCUT2D eigenvalue weighted by atomic mass is 16.5. The summed E-state index contributed by atoms with van der Waals surface area (Å²) in [5.74, 6) is 1.22. The Morgan fingerprint density at radius 3 is 2.57 bits per heavy atom. The van der Waals surface area contributed by atoms with Crippen molar-refractivity contribution in [2.75, 3.05) is 38.4 Å². The van der Waals surface area contributed by atoms with Gasteiger partial charge in [0.25, 0.3) is 11.8 Å². The number of anilines is 4. The van der Waals surface area contributed by atoms with Crippen LogP contribution < -0.4 is 20.7 Å². The van der Waals surface area contributed by atoms with Gasteiger partial charge in [-0.15, -0.1) is 10.2 Å². The molecule has 0 spiro atoms. The van der Waals surface area contributed by atoms with Crippen LogP contribution in [0.5, 0.6) is 5.75 Å². The SMILES string of the molecule is CNC(=O)c1nnc(Nc2cc3n(n2)CCN(C)C3=O)cc1Nc1cccc(-c2ncccn2)c1OC. The molecule has 4 heterocycles. The average molecular weight is 501 g/mol. The number of methoxy groups -OCH3 is 1. The fraction of sp³-hybridized carbons (Fsp3) is 0.208. The molecule has 0 aliphatic carbocycles. The van der Waals surface area contributed by atoms with E-state index in [1.54, 1.807) is 60.4 Å². The van der Waals surface area contributed by atoms with Crippen molar-refractivity contribution in [3.05, 3.63) is 60.2 Å². The number of fused-ring (bicyclic) bond motifs is 1. The van der Waals surface area contributed by atoms with Crippen molar-refractivity contribution in [1.29, 1.82) is 0 Å². The minimum absolute atomic E-state index is 0.0809. The second kappa shape index (κ2) is 9.89. The molecule has 13 nitrogen and oxygen atoms in total. The first-order valence-corrected chi connectivity index (χ1v) is 11.4. The van der Waals surface area contributed by atoms with Crippen LogP contribution in [0.25, 0.3) is 11.4 Å². The molecule has 0 unspecified atom stereocenters. The summed E-state index contributed by atoms with van der Waals surface area (Å²) in [6.07, 6.45) is 3.30.